The standard InChI is InChI=1S/C15H28N2O3/c1-11(10-14(19)20)9-13(18)16-12-5-7-17(8-6-12)15(2,3)4/h11-12H,5-10H2,1-4H3,(H,16,18)(H,19,20). The lowest BCUT2D eigenvalue weighted by atomic mass is 9.97. The molecule has 0 bridgehead atoms. The molecule has 5 heteroatoms. The summed E-state index contributed by atoms with van der Waals surface area (Å²) >= 11 is 0. The number of aliphatic carboxylic acids is 1. The fraction of sp³-hybridized carbons (Fsp3) is 0.867. The summed E-state index contributed by atoms with van der Waals surface area (Å²) < 4.78 is 0. The average Bonchev–Trinajstić information content (AvgIpc) is 2.26. The van der Waals surface area contributed by atoms with Crippen molar-refractivity contribution >= 4 is 11.9 Å². The third kappa shape index (κ3) is 5.90. The van der Waals surface area contributed by atoms with Gasteiger partial charge in [-0.3, -0.25) is 14.5 Å². The Morgan fingerprint density at radius 2 is 1.80 bits per heavy atom. The zero-order chi connectivity index (χ0) is 15.3. The average molecular weight is 284 g/mol. The van der Waals surface area contributed by atoms with Gasteiger partial charge in [0.05, 0.1) is 0 Å². The smallest absolute Gasteiger partial charge is 0.303 e. The molecule has 116 valence electrons. The summed E-state index contributed by atoms with van der Waals surface area (Å²) in [5, 5.41) is 11.7. The van der Waals surface area contributed by atoms with E-state index in [0.29, 0.717) is 6.42 Å². The first-order valence-electron chi connectivity index (χ1n) is 7.44. The van der Waals surface area contributed by atoms with E-state index in [1.807, 2.05) is 0 Å². The van der Waals surface area contributed by atoms with Crippen LogP contribution < -0.4 is 5.32 Å². The molecule has 1 saturated heterocycles. The minimum atomic E-state index is -0.844. The highest BCUT2D eigenvalue weighted by Gasteiger charge is 2.27. The van der Waals surface area contributed by atoms with Gasteiger partial charge in [0.25, 0.3) is 0 Å². The normalized spacial score (nSPS) is 19.6. The maximum Gasteiger partial charge on any atom is 0.303 e. The number of rotatable bonds is 5. The van der Waals surface area contributed by atoms with Crippen molar-refractivity contribution in [2.24, 2.45) is 5.92 Å². The minimum absolute atomic E-state index is 0.0204. The quantitative estimate of drug-likeness (QED) is 0.808. The highest BCUT2D eigenvalue weighted by atomic mass is 16.4. The van der Waals surface area contributed by atoms with E-state index < -0.39 is 5.97 Å². The Labute approximate surface area is 121 Å². The highest BCUT2D eigenvalue weighted by molar-refractivity contribution is 5.77. The predicted molar refractivity (Wildman–Crippen MR) is 78.5 cm³/mol. The van der Waals surface area contributed by atoms with E-state index in [1.165, 1.54) is 0 Å². The van der Waals surface area contributed by atoms with Gasteiger partial charge in [-0.1, -0.05) is 6.92 Å². The molecular formula is C15H28N2O3. The summed E-state index contributed by atoms with van der Waals surface area (Å²) in [5.41, 5.74) is 0.185. The fourth-order valence-corrected chi connectivity index (χ4v) is 2.67. The first-order valence-corrected chi connectivity index (χ1v) is 7.44. The molecule has 0 saturated carbocycles. The van der Waals surface area contributed by atoms with Gasteiger partial charge in [0.1, 0.15) is 0 Å². The maximum atomic E-state index is 11.9. The molecule has 1 unspecified atom stereocenters. The molecule has 1 rings (SSSR count). The largest absolute Gasteiger partial charge is 0.481 e. The molecule has 1 fully saturated rings. The van der Waals surface area contributed by atoms with E-state index in [1.54, 1.807) is 6.92 Å². The number of carbonyl (C=O) groups is 2. The SMILES string of the molecule is CC(CC(=O)O)CC(=O)NC1CCN(C(C)(C)C)CC1. The topological polar surface area (TPSA) is 69.6 Å². The van der Waals surface area contributed by atoms with E-state index in [0.717, 1.165) is 25.9 Å². The summed E-state index contributed by atoms with van der Waals surface area (Å²) in [7, 11) is 0. The number of hydrogen-bond acceptors (Lipinski definition) is 3. The van der Waals surface area contributed by atoms with Gasteiger partial charge in [-0.15, -0.1) is 0 Å². The van der Waals surface area contributed by atoms with E-state index in [2.05, 4.69) is 31.0 Å². The van der Waals surface area contributed by atoms with Gasteiger partial charge >= 0.3 is 5.97 Å². The van der Waals surface area contributed by atoms with Gasteiger partial charge in [0.15, 0.2) is 0 Å². The van der Waals surface area contributed by atoms with Gasteiger partial charge in [-0.05, 0) is 39.5 Å². The molecule has 2 N–H and O–H groups in total. The van der Waals surface area contributed by atoms with Crippen LogP contribution in [0.4, 0.5) is 0 Å². The van der Waals surface area contributed by atoms with Crippen LogP contribution in [0.2, 0.25) is 0 Å². The molecule has 0 aromatic rings. The Bertz CT molecular complexity index is 342. The van der Waals surface area contributed by atoms with Gasteiger partial charge in [-0.2, -0.15) is 0 Å². The molecule has 0 aromatic carbocycles. The first kappa shape index (κ1) is 17.0. The van der Waals surface area contributed by atoms with Crippen LogP contribution in [0, 0.1) is 5.92 Å². The number of carboxylic acids is 1. The molecule has 1 aliphatic heterocycles. The Morgan fingerprint density at radius 1 is 1.25 bits per heavy atom. The van der Waals surface area contributed by atoms with Crippen molar-refractivity contribution in [2.75, 3.05) is 13.1 Å². The number of piperidine rings is 1. The number of nitrogens with one attached hydrogen (secondary N) is 1. The summed E-state index contributed by atoms with van der Waals surface area (Å²) in [6.07, 6.45) is 2.29. The molecule has 20 heavy (non-hydrogen) atoms. The monoisotopic (exact) mass is 284 g/mol. The van der Waals surface area contributed by atoms with Crippen LogP contribution in [0.3, 0.4) is 0 Å². The summed E-state index contributed by atoms with van der Waals surface area (Å²) in [5.74, 6) is -0.973. The Kier molecular flexibility index (Phi) is 5.99. The lowest BCUT2D eigenvalue weighted by Gasteiger charge is -2.41. The van der Waals surface area contributed by atoms with Crippen molar-refractivity contribution in [3.05, 3.63) is 0 Å². The van der Waals surface area contributed by atoms with Crippen molar-refractivity contribution in [3.63, 3.8) is 0 Å². The van der Waals surface area contributed by atoms with Gasteiger partial charge in [-0.25, -0.2) is 0 Å². The number of amides is 1. The summed E-state index contributed by atoms with van der Waals surface area (Å²) in [6, 6.07) is 0.234. The lowest BCUT2D eigenvalue weighted by Crippen LogP contribution is -2.50. The van der Waals surface area contributed by atoms with Crippen molar-refractivity contribution < 1.29 is 14.7 Å². The molecule has 0 spiro atoms. The number of carboxylic acid groups (broad SMARTS) is 1. The van der Waals surface area contributed by atoms with Crippen LogP contribution >= 0.6 is 0 Å². The lowest BCUT2D eigenvalue weighted by molar-refractivity contribution is -0.138. The van der Waals surface area contributed by atoms with Crippen LogP contribution in [0.15, 0.2) is 0 Å². The molecule has 1 amide bonds. The van der Waals surface area contributed by atoms with Crippen molar-refractivity contribution in [1.29, 1.82) is 0 Å². The first-order chi connectivity index (χ1) is 9.18. The number of hydrogen-bond donors (Lipinski definition) is 2. The summed E-state index contributed by atoms with van der Waals surface area (Å²) in [4.78, 5) is 24.9. The number of likely N-dealkylation sites (tertiary alicyclic amines) is 1. The third-order valence-electron chi connectivity index (χ3n) is 3.87. The van der Waals surface area contributed by atoms with E-state index in [-0.39, 0.29) is 29.8 Å². The second kappa shape index (κ2) is 7.07. The highest BCUT2D eigenvalue weighted by Crippen LogP contribution is 2.20. The second-order valence-electron chi connectivity index (χ2n) is 6.91. The van der Waals surface area contributed by atoms with Crippen molar-refractivity contribution in [3.8, 4) is 0 Å². The molecule has 0 aliphatic carbocycles. The van der Waals surface area contributed by atoms with Crippen molar-refractivity contribution in [2.45, 2.75) is 65.0 Å². The van der Waals surface area contributed by atoms with Crippen LogP contribution in [0.5, 0.6) is 0 Å². The van der Waals surface area contributed by atoms with Gasteiger partial charge in [0.2, 0.25) is 5.91 Å². The van der Waals surface area contributed by atoms with E-state index in [9.17, 15) is 9.59 Å². The fourth-order valence-electron chi connectivity index (χ4n) is 2.67. The predicted octanol–water partition coefficient (Wildman–Crippen LogP) is 1.87. The Balaban J connectivity index is 2.29. The maximum absolute atomic E-state index is 11.9. The second-order valence-corrected chi connectivity index (χ2v) is 6.91. The zero-order valence-electron chi connectivity index (χ0n) is 13.1. The van der Waals surface area contributed by atoms with E-state index >= 15 is 0 Å². The van der Waals surface area contributed by atoms with Crippen LogP contribution in [-0.4, -0.2) is 46.6 Å². The molecule has 0 radical (unpaired) electrons. The van der Waals surface area contributed by atoms with Crippen LogP contribution in [0.25, 0.3) is 0 Å². The zero-order valence-corrected chi connectivity index (χ0v) is 13.1. The minimum Gasteiger partial charge on any atom is -0.481 e. The molecule has 5 nitrogen and oxygen atoms in total. The molecule has 1 heterocycles. The Hall–Kier alpha value is -1.10. The van der Waals surface area contributed by atoms with Crippen molar-refractivity contribution in [1.82, 2.24) is 10.2 Å². The van der Waals surface area contributed by atoms with Gasteiger partial charge in [0, 0.05) is 37.5 Å². The Morgan fingerprint density at radius 3 is 2.25 bits per heavy atom. The molecule has 1 aliphatic rings. The number of nitrogens with zero attached hydrogens (tertiary/aromatic N) is 1. The third-order valence-corrected chi connectivity index (χ3v) is 3.87. The van der Waals surface area contributed by atoms with E-state index in [4.69, 9.17) is 5.11 Å². The summed E-state index contributed by atoms with van der Waals surface area (Å²) in [6.45, 7) is 10.4. The van der Waals surface area contributed by atoms with Gasteiger partial charge < -0.3 is 10.4 Å². The van der Waals surface area contributed by atoms with Crippen LogP contribution in [0.1, 0.15) is 53.4 Å². The molecule has 0 aromatic heterocycles. The molecular weight excluding hydrogens is 256 g/mol. The van der Waals surface area contributed by atoms with Crippen LogP contribution in [-0.2, 0) is 9.59 Å². The molecule has 1 atom stereocenters. The number of carbonyl (C=O) groups excluding carboxylic acids is 1.